The molecule has 0 amide bonds. The van der Waals surface area contributed by atoms with Crippen molar-refractivity contribution in [3.8, 4) is 0 Å². The minimum atomic E-state index is -0.171. The van der Waals surface area contributed by atoms with Crippen molar-refractivity contribution < 1.29 is 4.39 Å². The molecule has 0 atom stereocenters. The van der Waals surface area contributed by atoms with Gasteiger partial charge in [0.25, 0.3) is 0 Å². The van der Waals surface area contributed by atoms with Crippen LogP contribution in [0.5, 0.6) is 0 Å². The van der Waals surface area contributed by atoms with Gasteiger partial charge in [-0.3, -0.25) is 0 Å². The van der Waals surface area contributed by atoms with Gasteiger partial charge in [-0.15, -0.1) is 0 Å². The monoisotopic (exact) mass is 224 g/mol. The van der Waals surface area contributed by atoms with E-state index < -0.39 is 0 Å². The molecule has 17 heavy (non-hydrogen) atoms. The van der Waals surface area contributed by atoms with Crippen LogP contribution in [0.3, 0.4) is 0 Å². The molecule has 0 aliphatic carbocycles. The van der Waals surface area contributed by atoms with E-state index in [-0.39, 0.29) is 5.82 Å². The largest absolute Gasteiger partial charge is 0.207 e. The van der Waals surface area contributed by atoms with Crippen LogP contribution in [0.4, 0.5) is 4.39 Å². The fourth-order valence-electron chi connectivity index (χ4n) is 2.58. The molecule has 0 nitrogen and oxygen atoms in total. The standard InChI is InChI=1S/C16H13F/c1-10-13-5-3-4-6-14(13)11(2)16-9-12(17)7-8-15(10)16/h3-9H,1-2H3. The summed E-state index contributed by atoms with van der Waals surface area (Å²) in [6.45, 7) is 4.16. The van der Waals surface area contributed by atoms with E-state index in [0.29, 0.717) is 0 Å². The summed E-state index contributed by atoms with van der Waals surface area (Å²) in [7, 11) is 0. The molecule has 0 spiro atoms. The van der Waals surface area contributed by atoms with Crippen LogP contribution in [-0.2, 0) is 0 Å². The van der Waals surface area contributed by atoms with Crippen LogP contribution in [0, 0.1) is 19.7 Å². The van der Waals surface area contributed by atoms with E-state index in [1.54, 1.807) is 6.07 Å². The van der Waals surface area contributed by atoms with Gasteiger partial charge in [0.1, 0.15) is 5.82 Å². The lowest BCUT2D eigenvalue weighted by molar-refractivity contribution is 0.629. The summed E-state index contributed by atoms with van der Waals surface area (Å²) in [6.07, 6.45) is 0. The van der Waals surface area contributed by atoms with Crippen molar-refractivity contribution in [2.75, 3.05) is 0 Å². The number of benzene rings is 3. The average Bonchev–Trinajstić information content (AvgIpc) is 2.36. The molecule has 0 radical (unpaired) electrons. The van der Waals surface area contributed by atoms with E-state index in [1.807, 2.05) is 18.2 Å². The normalized spacial score (nSPS) is 11.2. The minimum absolute atomic E-state index is 0.171. The van der Waals surface area contributed by atoms with E-state index in [4.69, 9.17) is 0 Å². The quantitative estimate of drug-likeness (QED) is 0.483. The van der Waals surface area contributed by atoms with Crippen molar-refractivity contribution in [3.05, 3.63) is 59.4 Å². The second kappa shape index (κ2) is 3.56. The van der Waals surface area contributed by atoms with Gasteiger partial charge in [-0.25, -0.2) is 4.39 Å². The lowest BCUT2D eigenvalue weighted by Gasteiger charge is -2.11. The third-order valence-electron chi connectivity index (χ3n) is 3.52. The van der Waals surface area contributed by atoms with Crippen LogP contribution in [0.25, 0.3) is 21.5 Å². The summed E-state index contributed by atoms with van der Waals surface area (Å²) in [5.74, 6) is -0.171. The first-order valence-electron chi connectivity index (χ1n) is 5.75. The Morgan fingerprint density at radius 2 is 1.24 bits per heavy atom. The molecule has 0 aliphatic heterocycles. The maximum absolute atomic E-state index is 13.3. The highest BCUT2D eigenvalue weighted by Crippen LogP contribution is 2.32. The van der Waals surface area contributed by atoms with E-state index >= 15 is 0 Å². The highest BCUT2D eigenvalue weighted by Gasteiger charge is 2.08. The Labute approximate surface area is 99.7 Å². The Balaban J connectivity index is 2.63. The molecule has 84 valence electrons. The van der Waals surface area contributed by atoms with Gasteiger partial charge in [-0.1, -0.05) is 30.3 Å². The zero-order valence-corrected chi connectivity index (χ0v) is 9.92. The first-order chi connectivity index (χ1) is 8.18. The van der Waals surface area contributed by atoms with Crippen molar-refractivity contribution in [2.24, 2.45) is 0 Å². The second-order valence-electron chi connectivity index (χ2n) is 4.49. The Bertz CT molecular complexity index is 726. The SMILES string of the molecule is Cc1c2ccccc2c(C)c2cc(F)ccc12. The van der Waals surface area contributed by atoms with Gasteiger partial charge in [-0.05, 0) is 58.7 Å². The maximum Gasteiger partial charge on any atom is 0.123 e. The van der Waals surface area contributed by atoms with Crippen LogP contribution in [0.2, 0.25) is 0 Å². The topological polar surface area (TPSA) is 0 Å². The van der Waals surface area contributed by atoms with Crippen LogP contribution >= 0.6 is 0 Å². The Morgan fingerprint density at radius 3 is 1.88 bits per heavy atom. The fourth-order valence-corrected chi connectivity index (χ4v) is 2.58. The number of halogens is 1. The third kappa shape index (κ3) is 1.42. The number of hydrogen-bond donors (Lipinski definition) is 0. The van der Waals surface area contributed by atoms with Crippen LogP contribution in [0.15, 0.2) is 42.5 Å². The van der Waals surface area contributed by atoms with Gasteiger partial charge in [0.2, 0.25) is 0 Å². The molecule has 0 heterocycles. The summed E-state index contributed by atoms with van der Waals surface area (Å²) in [6, 6.07) is 13.3. The summed E-state index contributed by atoms with van der Waals surface area (Å²) in [5.41, 5.74) is 2.38. The lowest BCUT2D eigenvalue weighted by Crippen LogP contribution is -1.88. The van der Waals surface area contributed by atoms with Crippen LogP contribution < -0.4 is 0 Å². The number of hydrogen-bond acceptors (Lipinski definition) is 0. The van der Waals surface area contributed by atoms with E-state index in [9.17, 15) is 4.39 Å². The van der Waals surface area contributed by atoms with Crippen molar-refractivity contribution in [3.63, 3.8) is 0 Å². The average molecular weight is 224 g/mol. The minimum Gasteiger partial charge on any atom is -0.207 e. The number of fused-ring (bicyclic) bond motifs is 2. The molecular weight excluding hydrogens is 211 g/mol. The molecule has 0 saturated carbocycles. The molecule has 3 aromatic rings. The zero-order valence-electron chi connectivity index (χ0n) is 9.92. The second-order valence-corrected chi connectivity index (χ2v) is 4.49. The lowest BCUT2D eigenvalue weighted by atomic mass is 9.93. The molecule has 0 fully saturated rings. The third-order valence-corrected chi connectivity index (χ3v) is 3.52. The Kier molecular flexibility index (Phi) is 2.15. The van der Waals surface area contributed by atoms with Gasteiger partial charge in [0.05, 0.1) is 0 Å². The van der Waals surface area contributed by atoms with Crippen LogP contribution in [0.1, 0.15) is 11.1 Å². The highest BCUT2D eigenvalue weighted by molar-refractivity contribution is 6.05. The molecule has 1 heteroatoms. The van der Waals surface area contributed by atoms with Gasteiger partial charge in [-0.2, -0.15) is 0 Å². The van der Waals surface area contributed by atoms with Gasteiger partial charge in [0, 0.05) is 0 Å². The summed E-state index contributed by atoms with van der Waals surface area (Å²) < 4.78 is 13.3. The molecule has 0 unspecified atom stereocenters. The number of aryl methyl sites for hydroxylation is 2. The van der Waals surface area contributed by atoms with Crippen LogP contribution in [-0.4, -0.2) is 0 Å². The molecule has 0 saturated heterocycles. The summed E-state index contributed by atoms with van der Waals surface area (Å²) >= 11 is 0. The molecular formula is C16H13F. The number of rotatable bonds is 0. The predicted molar refractivity (Wildman–Crippen MR) is 70.9 cm³/mol. The Hall–Kier alpha value is -1.89. The van der Waals surface area contributed by atoms with Gasteiger partial charge in [0.15, 0.2) is 0 Å². The summed E-state index contributed by atoms with van der Waals surface area (Å²) in [4.78, 5) is 0. The molecule has 3 aromatic carbocycles. The Morgan fingerprint density at radius 1 is 0.706 bits per heavy atom. The molecule has 0 aliphatic rings. The molecule has 3 rings (SSSR count). The zero-order chi connectivity index (χ0) is 12.0. The highest BCUT2D eigenvalue weighted by atomic mass is 19.1. The smallest absolute Gasteiger partial charge is 0.123 e. The molecule has 0 N–H and O–H groups in total. The predicted octanol–water partition coefficient (Wildman–Crippen LogP) is 4.75. The van der Waals surface area contributed by atoms with E-state index in [2.05, 4.69) is 26.0 Å². The van der Waals surface area contributed by atoms with Crippen molar-refractivity contribution >= 4 is 21.5 Å². The first-order valence-corrected chi connectivity index (χ1v) is 5.75. The molecule has 0 bridgehead atoms. The van der Waals surface area contributed by atoms with Crippen molar-refractivity contribution in [2.45, 2.75) is 13.8 Å². The van der Waals surface area contributed by atoms with E-state index in [0.717, 1.165) is 16.3 Å². The van der Waals surface area contributed by atoms with Gasteiger partial charge >= 0.3 is 0 Å². The van der Waals surface area contributed by atoms with E-state index in [1.165, 1.54) is 22.4 Å². The molecule has 0 aromatic heterocycles. The summed E-state index contributed by atoms with van der Waals surface area (Å²) in [5, 5.41) is 4.62. The van der Waals surface area contributed by atoms with Gasteiger partial charge < -0.3 is 0 Å². The first kappa shape index (κ1) is 10.3. The maximum atomic E-state index is 13.3. The van der Waals surface area contributed by atoms with Crippen molar-refractivity contribution in [1.29, 1.82) is 0 Å². The van der Waals surface area contributed by atoms with Crippen molar-refractivity contribution in [1.82, 2.24) is 0 Å². The fraction of sp³-hybridized carbons (Fsp3) is 0.125.